The monoisotopic (exact) mass is 1400 g/mol. The van der Waals surface area contributed by atoms with Gasteiger partial charge in [-0.25, -0.2) is 4.79 Å². The second-order valence-electron chi connectivity index (χ2n) is 29.0. The second-order valence-corrected chi connectivity index (χ2v) is 29.0. The quantitative estimate of drug-likeness (QED) is 0.0889. The average Bonchev–Trinajstić information content (AvgIpc) is 0.807. The average molecular weight is 1400 g/mol. The predicted molar refractivity (Wildman–Crippen MR) is 369 cm³/mol. The van der Waals surface area contributed by atoms with Crippen LogP contribution in [-0.4, -0.2) is 239 Å². The van der Waals surface area contributed by atoms with E-state index in [4.69, 9.17) is 4.74 Å². The molecule has 28 heteroatoms. The van der Waals surface area contributed by atoms with Gasteiger partial charge in [0, 0.05) is 49.3 Å². The molecule has 1 unspecified atom stereocenters. The number of hydrogen-bond donors (Lipinski definition) is 5. The lowest BCUT2D eigenvalue weighted by Gasteiger charge is -2.41. The van der Waals surface area contributed by atoms with Crippen molar-refractivity contribution in [3.63, 3.8) is 0 Å². The van der Waals surface area contributed by atoms with E-state index in [2.05, 4.69) is 21.3 Å². The van der Waals surface area contributed by atoms with E-state index >= 15 is 28.8 Å². The Kier molecular flexibility index (Phi) is 34.3. The molecule has 1 fully saturated rings. The largest absolute Gasteiger partial charge is 0.428 e. The number of ether oxygens (including phenoxy) is 1. The minimum Gasteiger partial charge on any atom is -0.428 e. The van der Waals surface area contributed by atoms with E-state index in [9.17, 15) is 47.0 Å². The Bertz CT molecular complexity index is 2980. The zero-order chi connectivity index (χ0) is 76.3. The van der Waals surface area contributed by atoms with Crippen molar-refractivity contribution < 1.29 is 80.5 Å². The first kappa shape index (κ1) is 87.4. The van der Waals surface area contributed by atoms with Crippen LogP contribution >= 0.6 is 0 Å². The van der Waals surface area contributed by atoms with Crippen LogP contribution in [0.2, 0.25) is 0 Å². The number of alkyl halides is 3. The summed E-state index contributed by atoms with van der Waals surface area (Å²) in [5.74, 6) is -13.9. The fourth-order valence-electron chi connectivity index (χ4n) is 12.0. The Hall–Kier alpha value is -7.65. The van der Waals surface area contributed by atoms with Crippen LogP contribution in [0, 0.1) is 41.4 Å². The summed E-state index contributed by atoms with van der Waals surface area (Å²) in [6.45, 7) is 28.7. The number of esters is 1. The fourth-order valence-corrected chi connectivity index (χ4v) is 12.0. The van der Waals surface area contributed by atoms with Gasteiger partial charge in [-0.1, -0.05) is 121 Å². The van der Waals surface area contributed by atoms with Gasteiger partial charge in [0.1, 0.15) is 60.4 Å². The molecule has 11 amide bonds. The summed E-state index contributed by atoms with van der Waals surface area (Å²) in [6.07, 6.45) is -6.36. The zero-order valence-corrected chi connectivity index (χ0v) is 62.9. The summed E-state index contributed by atoms with van der Waals surface area (Å²) < 4.78 is 46.1. The number of carbonyl (C=O) groups is 12. The molecular formula is C71H116F3N11O14. The normalized spacial score (nSPS) is 25.6. The molecule has 560 valence electrons. The SMILES string of the molecule is C/C=C/C[C@@H](C)[C@@H](O)[C@H]1C(=O)N[C@@H](CC)C(=O)N(C)C(OC(=O)c2ccc(CC(F)(F)F)cc2)C(=O)N(C)[C@@H](CC(C)C)C(=O)N[C@@H](C(C)C)C(=O)N(C)[C@@H](CC(C)C)C(=O)N[C@@H](C)C(=O)N[C@H](C)C(=O)N(C)[C@@H](CC(C)C)C(=O)N(C)[C@@H](CC(C)C)C(=O)N(C)[C@@H](C(C)C)C(=O)N1C. The Morgan fingerprint density at radius 2 is 0.929 bits per heavy atom. The van der Waals surface area contributed by atoms with E-state index < -0.39 is 174 Å². The van der Waals surface area contributed by atoms with Gasteiger partial charge in [0.05, 0.1) is 18.1 Å². The Morgan fingerprint density at radius 1 is 0.505 bits per heavy atom. The van der Waals surface area contributed by atoms with Crippen molar-refractivity contribution in [1.82, 2.24) is 55.6 Å². The van der Waals surface area contributed by atoms with Gasteiger partial charge < -0.3 is 65.4 Å². The third kappa shape index (κ3) is 24.6. The zero-order valence-electron chi connectivity index (χ0n) is 62.9. The second kappa shape index (κ2) is 38.8. The maximum Gasteiger partial charge on any atom is 0.393 e. The minimum atomic E-state index is -4.61. The number of aliphatic hydroxyl groups is 1. The van der Waals surface area contributed by atoms with Crippen molar-refractivity contribution in [1.29, 1.82) is 0 Å². The minimum absolute atomic E-state index is 0.0619. The molecule has 1 aliphatic rings. The third-order valence-corrected chi connectivity index (χ3v) is 18.0. The van der Waals surface area contributed by atoms with E-state index in [1.54, 1.807) is 81.4 Å². The van der Waals surface area contributed by atoms with Gasteiger partial charge in [0.15, 0.2) is 0 Å². The van der Waals surface area contributed by atoms with Gasteiger partial charge in [-0.05, 0) is 118 Å². The first-order valence-corrected chi connectivity index (χ1v) is 34.4. The van der Waals surface area contributed by atoms with Crippen molar-refractivity contribution in [2.45, 2.75) is 242 Å². The van der Waals surface area contributed by atoms with Crippen LogP contribution in [0.5, 0.6) is 0 Å². The molecule has 1 aromatic carbocycles. The van der Waals surface area contributed by atoms with Crippen molar-refractivity contribution in [3.05, 3.63) is 47.5 Å². The molecule has 0 bridgehead atoms. The van der Waals surface area contributed by atoms with Crippen LogP contribution in [-0.2, 0) is 63.9 Å². The highest BCUT2D eigenvalue weighted by atomic mass is 19.4. The van der Waals surface area contributed by atoms with Crippen molar-refractivity contribution in [2.24, 2.45) is 41.4 Å². The first-order valence-electron chi connectivity index (χ1n) is 34.4. The predicted octanol–water partition coefficient (Wildman–Crippen LogP) is 5.56. The molecular weight excluding hydrogens is 1290 g/mol. The number of benzene rings is 1. The fraction of sp³-hybridized carbons (Fsp3) is 0.718. The molecule has 1 saturated heterocycles. The van der Waals surface area contributed by atoms with Gasteiger partial charge in [-0.15, -0.1) is 0 Å². The van der Waals surface area contributed by atoms with Crippen molar-refractivity contribution >= 4 is 70.9 Å². The molecule has 0 spiro atoms. The highest BCUT2D eigenvalue weighted by Crippen LogP contribution is 2.27. The number of amides is 11. The summed E-state index contributed by atoms with van der Waals surface area (Å²) in [5.41, 5.74) is -0.561. The lowest BCUT2D eigenvalue weighted by atomic mass is 9.91. The number of carbonyl (C=O) groups excluding carboxylic acids is 12. The van der Waals surface area contributed by atoms with Crippen LogP contribution < -0.4 is 21.3 Å². The lowest BCUT2D eigenvalue weighted by molar-refractivity contribution is -0.162. The first-order chi connectivity index (χ1) is 45.7. The van der Waals surface area contributed by atoms with Gasteiger partial charge >= 0.3 is 12.1 Å². The standard InChI is InChI=1S/C71H116F3N11O14/c1-25-27-28-44(15)57(86)56-61(90)77-49(26-2)63(92)85(24)69(99-70(98)48-31-29-47(30-32-48)37-71(72,73)74)68(97)80(19)51(34-39(5)6)60(89)78-54(42(11)12)66(95)79(18)50(33-38(3)4)59(88)75-45(16)58(87)76-46(17)62(91)81(20)52(35-40(7)8)64(93)82(21)53(36-41(9)10)65(94)83(22)55(43(13)14)67(96)84(56)23/h25,27,29-32,38-46,49-57,69,86H,26,28,33-37H2,1-24H3,(H,75,88)(H,76,87)(H,77,90)(H,78,89)/b27-25+/t44-,45+,46-,49+,50+,51+,52+,53+,54+,55+,56+,57-,69?/m1/s1. The van der Waals surface area contributed by atoms with E-state index in [1.165, 1.54) is 77.8 Å². The maximum absolute atomic E-state index is 15.4. The van der Waals surface area contributed by atoms with E-state index in [-0.39, 0.29) is 73.3 Å². The number of hydrogen-bond acceptors (Lipinski definition) is 14. The third-order valence-electron chi connectivity index (χ3n) is 18.0. The summed E-state index contributed by atoms with van der Waals surface area (Å²) in [4.78, 5) is 186. The molecule has 5 N–H and O–H groups in total. The Morgan fingerprint density at radius 3 is 1.37 bits per heavy atom. The summed E-state index contributed by atoms with van der Waals surface area (Å²) in [5, 5.41) is 23.0. The van der Waals surface area contributed by atoms with E-state index in [0.717, 1.165) is 46.0 Å². The van der Waals surface area contributed by atoms with E-state index in [0.29, 0.717) is 4.90 Å². The summed E-state index contributed by atoms with van der Waals surface area (Å²) in [6, 6.07) is -9.89. The Labute approximate surface area is 584 Å². The molecule has 25 nitrogen and oxygen atoms in total. The van der Waals surface area contributed by atoms with Crippen molar-refractivity contribution in [3.8, 4) is 0 Å². The van der Waals surface area contributed by atoms with Gasteiger partial charge in [-0.3, -0.25) is 52.7 Å². The van der Waals surface area contributed by atoms with Crippen LogP contribution in [0.4, 0.5) is 13.2 Å². The maximum atomic E-state index is 15.4. The number of halogens is 3. The number of aliphatic hydroxyl groups excluding tert-OH is 1. The molecule has 0 aliphatic carbocycles. The molecule has 99 heavy (non-hydrogen) atoms. The topological polar surface area (TPSA) is 305 Å². The molecule has 13 atom stereocenters. The molecule has 2 rings (SSSR count). The highest BCUT2D eigenvalue weighted by molar-refractivity contribution is 6.01. The van der Waals surface area contributed by atoms with Crippen LogP contribution in [0.25, 0.3) is 0 Å². The number of likely N-dealkylation sites (N-methyl/N-ethyl adjacent to an activating group) is 7. The molecule has 0 saturated carbocycles. The molecule has 1 aliphatic heterocycles. The number of allylic oxidation sites excluding steroid dienone is 2. The van der Waals surface area contributed by atoms with Crippen molar-refractivity contribution in [2.75, 3.05) is 49.3 Å². The smallest absolute Gasteiger partial charge is 0.393 e. The molecule has 1 heterocycles. The van der Waals surface area contributed by atoms with Gasteiger partial charge in [0.2, 0.25) is 59.1 Å². The summed E-state index contributed by atoms with van der Waals surface area (Å²) in [7, 11) is 9.07. The number of nitrogens with one attached hydrogen (secondary N) is 4. The molecule has 0 aromatic heterocycles. The molecule has 0 radical (unpaired) electrons. The van der Waals surface area contributed by atoms with Crippen LogP contribution in [0.1, 0.15) is 172 Å². The number of nitrogens with zero attached hydrogens (tertiary/aromatic N) is 7. The Balaban J connectivity index is 3.19. The van der Waals surface area contributed by atoms with Gasteiger partial charge in [0.25, 0.3) is 12.1 Å². The van der Waals surface area contributed by atoms with E-state index in [1.807, 2.05) is 27.7 Å². The van der Waals surface area contributed by atoms with Crippen LogP contribution in [0.15, 0.2) is 36.4 Å². The van der Waals surface area contributed by atoms with Gasteiger partial charge in [-0.2, -0.15) is 13.2 Å². The lowest BCUT2D eigenvalue weighted by Crippen LogP contribution is -2.64. The number of rotatable bonds is 18. The molecule has 1 aromatic rings. The highest BCUT2D eigenvalue weighted by Gasteiger charge is 2.47. The summed E-state index contributed by atoms with van der Waals surface area (Å²) >= 11 is 0. The van der Waals surface area contributed by atoms with Crippen LogP contribution in [0.3, 0.4) is 0 Å².